The molecule has 0 amide bonds. The van der Waals surface area contributed by atoms with Crippen molar-refractivity contribution in [2.75, 3.05) is 0 Å². The summed E-state index contributed by atoms with van der Waals surface area (Å²) in [4.78, 5) is 0. The third-order valence-corrected chi connectivity index (χ3v) is 3.95. The van der Waals surface area contributed by atoms with E-state index in [4.69, 9.17) is 4.65 Å². The van der Waals surface area contributed by atoms with E-state index in [-0.39, 0.29) is 0 Å². The van der Waals surface area contributed by atoms with Gasteiger partial charge in [0.1, 0.15) is 0 Å². The zero-order valence-corrected chi connectivity index (χ0v) is 13.2. The van der Waals surface area contributed by atoms with Crippen LogP contribution in [0.3, 0.4) is 0 Å². The molecule has 0 saturated carbocycles. The maximum absolute atomic E-state index is 10.1. The summed E-state index contributed by atoms with van der Waals surface area (Å²) < 4.78 is 7.73. The Morgan fingerprint density at radius 2 is 1.86 bits per heavy atom. The molecule has 21 heavy (non-hydrogen) atoms. The lowest BCUT2D eigenvalue weighted by Gasteiger charge is -2.37. The van der Waals surface area contributed by atoms with Crippen molar-refractivity contribution in [1.82, 2.24) is 9.78 Å². The van der Waals surface area contributed by atoms with Crippen LogP contribution in [0.5, 0.6) is 0 Å². The Kier molecular flexibility index (Phi) is 4.54. The van der Waals surface area contributed by atoms with Crippen molar-refractivity contribution in [1.29, 1.82) is 0 Å². The van der Waals surface area contributed by atoms with E-state index < -0.39 is 11.2 Å². The molecule has 1 heterocycles. The molecule has 4 nitrogen and oxygen atoms in total. The van der Waals surface area contributed by atoms with Crippen molar-refractivity contribution in [3.05, 3.63) is 48.3 Å². The van der Waals surface area contributed by atoms with Crippen LogP contribution in [0.15, 0.2) is 42.7 Å². The first kappa shape index (κ1) is 15.8. The van der Waals surface area contributed by atoms with Gasteiger partial charge in [-0.3, -0.25) is 4.68 Å². The first-order valence-corrected chi connectivity index (χ1v) is 7.19. The molecular weight excluding hydrogens is 263 g/mol. The Morgan fingerprint density at radius 3 is 2.48 bits per heavy atom. The average Bonchev–Trinajstić information content (AvgIpc) is 2.84. The van der Waals surface area contributed by atoms with Crippen molar-refractivity contribution in [2.45, 2.75) is 45.4 Å². The molecule has 0 bridgehead atoms. The minimum Gasteiger partial charge on any atom is -0.427 e. The molecule has 0 atom stereocenters. The van der Waals surface area contributed by atoms with Crippen molar-refractivity contribution in [3.8, 4) is 0 Å². The molecule has 0 aliphatic heterocycles. The summed E-state index contributed by atoms with van der Waals surface area (Å²) in [5.41, 5.74) is 0.704. The lowest BCUT2D eigenvalue weighted by molar-refractivity contribution is -0.0893. The molecule has 0 aliphatic carbocycles. The largest absolute Gasteiger partial charge is 0.427 e. The lowest BCUT2D eigenvalue weighted by atomic mass is 9.84. The summed E-state index contributed by atoms with van der Waals surface area (Å²) in [6, 6.07) is 10.2. The van der Waals surface area contributed by atoms with Crippen molar-refractivity contribution < 1.29 is 9.76 Å². The van der Waals surface area contributed by atoms with Gasteiger partial charge in [-0.25, -0.2) is 0 Å². The van der Waals surface area contributed by atoms with E-state index in [0.29, 0.717) is 7.48 Å². The van der Waals surface area contributed by atoms with Crippen molar-refractivity contribution in [2.24, 2.45) is 0 Å². The molecule has 0 aliphatic rings. The standard InChI is InChI=1S/C16H23BN2O2/c1-15(2,20)16(3,4)21-17-14-10-18-19(12-14)11-13-8-6-5-7-9-13/h5-10,12,17,20H,11H2,1-4H3. The topological polar surface area (TPSA) is 47.3 Å². The van der Waals surface area contributed by atoms with E-state index in [2.05, 4.69) is 17.2 Å². The molecular formula is C16H23BN2O2. The number of aliphatic hydroxyl groups is 1. The van der Waals surface area contributed by atoms with Gasteiger partial charge in [-0.05, 0) is 38.7 Å². The fourth-order valence-electron chi connectivity index (χ4n) is 1.78. The second-order valence-electron chi connectivity index (χ2n) is 6.39. The minimum atomic E-state index is -0.896. The lowest BCUT2D eigenvalue weighted by Crippen LogP contribution is -2.49. The Hall–Kier alpha value is -1.59. The molecule has 2 aromatic rings. The number of aromatic nitrogens is 2. The van der Waals surface area contributed by atoms with Crippen LogP contribution in [0.1, 0.15) is 33.3 Å². The van der Waals surface area contributed by atoms with E-state index >= 15 is 0 Å². The average molecular weight is 286 g/mol. The predicted octanol–water partition coefficient (Wildman–Crippen LogP) is 1.47. The Bertz CT molecular complexity index is 573. The maximum atomic E-state index is 10.1. The molecule has 0 unspecified atom stereocenters. The van der Waals surface area contributed by atoms with Crippen LogP contribution in [0.2, 0.25) is 0 Å². The normalized spacial score (nSPS) is 12.4. The third kappa shape index (κ3) is 4.19. The molecule has 0 saturated heterocycles. The van der Waals surface area contributed by atoms with Gasteiger partial charge in [0.25, 0.3) is 0 Å². The van der Waals surface area contributed by atoms with Gasteiger partial charge in [0.15, 0.2) is 0 Å². The molecule has 0 radical (unpaired) electrons. The predicted molar refractivity (Wildman–Crippen MR) is 86.0 cm³/mol. The number of nitrogens with zero attached hydrogens (tertiary/aromatic N) is 2. The summed E-state index contributed by atoms with van der Waals surface area (Å²) >= 11 is 0. The molecule has 1 aromatic carbocycles. The molecule has 112 valence electrons. The second-order valence-corrected chi connectivity index (χ2v) is 6.39. The van der Waals surface area contributed by atoms with E-state index in [9.17, 15) is 5.11 Å². The van der Waals surface area contributed by atoms with Gasteiger partial charge >= 0.3 is 7.48 Å². The summed E-state index contributed by atoms with van der Waals surface area (Å²) in [5.74, 6) is 0. The number of hydrogen-bond donors (Lipinski definition) is 1. The van der Waals surface area contributed by atoms with Gasteiger partial charge in [0.05, 0.1) is 17.7 Å². The highest BCUT2D eigenvalue weighted by molar-refractivity contribution is 6.46. The maximum Gasteiger partial charge on any atom is 0.312 e. The quantitative estimate of drug-likeness (QED) is 0.818. The van der Waals surface area contributed by atoms with E-state index in [1.54, 1.807) is 13.8 Å². The molecule has 5 heteroatoms. The van der Waals surface area contributed by atoms with E-state index in [1.807, 2.05) is 49.1 Å². The molecule has 0 fully saturated rings. The monoisotopic (exact) mass is 286 g/mol. The molecule has 1 aromatic heterocycles. The first-order chi connectivity index (χ1) is 9.78. The Labute approximate surface area is 127 Å². The summed E-state index contributed by atoms with van der Waals surface area (Å²) in [6.45, 7) is 8.04. The molecule has 0 spiro atoms. The zero-order valence-electron chi connectivity index (χ0n) is 13.2. The zero-order chi connectivity index (χ0) is 15.5. The van der Waals surface area contributed by atoms with Gasteiger partial charge in [0.2, 0.25) is 0 Å². The minimum absolute atomic E-state index is 0.436. The highest BCUT2D eigenvalue weighted by Crippen LogP contribution is 2.24. The van der Waals surface area contributed by atoms with Crippen LogP contribution in [-0.2, 0) is 11.2 Å². The first-order valence-electron chi connectivity index (χ1n) is 7.19. The molecule has 2 rings (SSSR count). The van der Waals surface area contributed by atoms with Gasteiger partial charge < -0.3 is 9.76 Å². The van der Waals surface area contributed by atoms with Gasteiger partial charge in [-0.15, -0.1) is 0 Å². The van der Waals surface area contributed by atoms with Crippen molar-refractivity contribution >= 4 is 12.9 Å². The SMILES string of the molecule is CC(C)(O)C(C)(C)OBc1cnn(Cc2ccccc2)c1. The van der Waals surface area contributed by atoms with Crippen LogP contribution in [0.25, 0.3) is 0 Å². The fourth-order valence-corrected chi connectivity index (χ4v) is 1.78. The van der Waals surface area contributed by atoms with Crippen LogP contribution in [0.4, 0.5) is 0 Å². The van der Waals surface area contributed by atoms with Gasteiger partial charge in [0, 0.05) is 12.4 Å². The van der Waals surface area contributed by atoms with Gasteiger partial charge in [-0.2, -0.15) is 5.10 Å². The second kappa shape index (κ2) is 6.04. The summed E-state index contributed by atoms with van der Waals surface area (Å²) in [7, 11) is 0.436. The third-order valence-electron chi connectivity index (χ3n) is 3.95. The van der Waals surface area contributed by atoms with Crippen molar-refractivity contribution in [3.63, 3.8) is 0 Å². The Balaban J connectivity index is 1.95. The van der Waals surface area contributed by atoms with E-state index in [1.165, 1.54) is 5.56 Å². The fraction of sp³-hybridized carbons (Fsp3) is 0.438. The highest BCUT2D eigenvalue weighted by atomic mass is 16.5. The van der Waals surface area contributed by atoms with Crippen LogP contribution < -0.4 is 5.46 Å². The van der Waals surface area contributed by atoms with Crippen LogP contribution >= 0.6 is 0 Å². The summed E-state index contributed by atoms with van der Waals surface area (Å²) in [5, 5.41) is 14.4. The van der Waals surface area contributed by atoms with E-state index in [0.717, 1.165) is 12.0 Å². The van der Waals surface area contributed by atoms with Gasteiger partial charge in [-0.1, -0.05) is 30.3 Å². The highest BCUT2D eigenvalue weighted by Gasteiger charge is 2.35. The summed E-state index contributed by atoms with van der Waals surface area (Å²) in [6.07, 6.45) is 3.79. The molecule has 1 N–H and O–H groups in total. The van der Waals surface area contributed by atoms with Crippen LogP contribution in [-0.4, -0.2) is 33.6 Å². The number of benzene rings is 1. The van der Waals surface area contributed by atoms with Crippen LogP contribution in [0, 0.1) is 0 Å². The smallest absolute Gasteiger partial charge is 0.312 e. The number of rotatable bonds is 6. The number of hydrogen-bond acceptors (Lipinski definition) is 3. The Morgan fingerprint density at radius 1 is 1.19 bits per heavy atom.